The van der Waals surface area contributed by atoms with E-state index < -0.39 is 0 Å². The molecule has 0 amide bonds. The van der Waals surface area contributed by atoms with Gasteiger partial charge in [0, 0.05) is 17.3 Å². The van der Waals surface area contributed by atoms with E-state index in [1.54, 1.807) is 0 Å². The van der Waals surface area contributed by atoms with Crippen molar-refractivity contribution < 1.29 is 9.59 Å². The summed E-state index contributed by atoms with van der Waals surface area (Å²) in [6.45, 7) is 19.1. The van der Waals surface area contributed by atoms with Crippen LogP contribution in [0, 0.1) is 50.2 Å². The molecule has 2 nitrogen and oxygen atoms in total. The molecular weight excluding hydrogens is 392 g/mol. The van der Waals surface area contributed by atoms with E-state index in [2.05, 4.69) is 61.5 Å². The van der Waals surface area contributed by atoms with Crippen LogP contribution in [0.25, 0.3) is 0 Å². The number of fused-ring (bicyclic) bond motifs is 7. The standard InChI is InChI=1S/C30H46O2/c1-25(2)15-16-30(8)22(18-25)29(7)13-10-20-27(5)14-11-23(31)26(3,4)19(27)9-12-28(20,6)21(29)17-24(30)32/h17,19-20,22H,9-16,18H2,1-8H3/t19-,20+,22-,27-,28+,29+,30-/m0/s1. The van der Waals surface area contributed by atoms with Crippen LogP contribution in [-0.4, -0.2) is 11.6 Å². The summed E-state index contributed by atoms with van der Waals surface area (Å²) in [5.41, 5.74) is 1.85. The molecule has 0 aliphatic heterocycles. The summed E-state index contributed by atoms with van der Waals surface area (Å²) in [6.07, 6.45) is 12.0. The van der Waals surface area contributed by atoms with Crippen molar-refractivity contribution in [2.45, 2.75) is 113 Å². The van der Waals surface area contributed by atoms with Gasteiger partial charge in [-0.3, -0.25) is 9.59 Å². The van der Waals surface area contributed by atoms with Gasteiger partial charge in [-0.25, -0.2) is 0 Å². The second-order valence-corrected chi connectivity index (χ2v) is 14.9. The Balaban J connectivity index is 1.61. The average Bonchev–Trinajstić information content (AvgIpc) is 2.68. The van der Waals surface area contributed by atoms with Gasteiger partial charge in [0.15, 0.2) is 5.78 Å². The Labute approximate surface area is 196 Å². The summed E-state index contributed by atoms with van der Waals surface area (Å²) in [5, 5.41) is 0. The smallest absolute Gasteiger partial charge is 0.161 e. The zero-order valence-corrected chi connectivity index (χ0v) is 22.0. The molecule has 7 atom stereocenters. The lowest BCUT2D eigenvalue weighted by Crippen LogP contribution is -2.63. The highest BCUT2D eigenvalue weighted by atomic mass is 16.1. The van der Waals surface area contributed by atoms with Crippen LogP contribution in [0.4, 0.5) is 0 Å². The Morgan fingerprint density at radius 1 is 0.688 bits per heavy atom. The molecule has 2 heteroatoms. The van der Waals surface area contributed by atoms with Crippen LogP contribution >= 0.6 is 0 Å². The quantitative estimate of drug-likeness (QED) is 0.391. The van der Waals surface area contributed by atoms with Gasteiger partial charge in [0.05, 0.1) is 0 Å². The first-order valence-corrected chi connectivity index (χ1v) is 13.4. The van der Waals surface area contributed by atoms with Gasteiger partial charge in [-0.15, -0.1) is 0 Å². The van der Waals surface area contributed by atoms with Crippen LogP contribution in [0.5, 0.6) is 0 Å². The molecule has 5 aliphatic rings. The van der Waals surface area contributed by atoms with E-state index in [9.17, 15) is 9.59 Å². The maximum atomic E-state index is 13.8. The molecule has 0 aromatic rings. The second-order valence-electron chi connectivity index (χ2n) is 14.9. The Morgan fingerprint density at radius 2 is 1.28 bits per heavy atom. The number of carbonyl (C=O) groups excluding carboxylic acids is 2. The van der Waals surface area contributed by atoms with E-state index in [4.69, 9.17) is 0 Å². The lowest BCUT2D eigenvalue weighted by atomic mass is 9.34. The summed E-state index contributed by atoms with van der Waals surface area (Å²) in [7, 11) is 0. The minimum Gasteiger partial charge on any atom is -0.299 e. The van der Waals surface area contributed by atoms with E-state index in [0.717, 1.165) is 38.5 Å². The van der Waals surface area contributed by atoms with E-state index in [1.165, 1.54) is 24.8 Å². The maximum Gasteiger partial charge on any atom is 0.161 e. The predicted molar refractivity (Wildman–Crippen MR) is 130 cm³/mol. The number of hydrogen-bond acceptors (Lipinski definition) is 2. The molecule has 0 radical (unpaired) electrons. The molecule has 5 rings (SSSR count). The summed E-state index contributed by atoms with van der Waals surface area (Å²) in [6, 6.07) is 0. The van der Waals surface area contributed by atoms with Gasteiger partial charge in [-0.05, 0) is 96.9 Å². The molecular formula is C30H46O2. The molecule has 4 saturated carbocycles. The number of rotatable bonds is 0. The van der Waals surface area contributed by atoms with Gasteiger partial charge >= 0.3 is 0 Å². The predicted octanol–water partition coefficient (Wildman–Crippen LogP) is 7.56. The third-order valence-electron chi connectivity index (χ3n) is 12.4. The number of ketones is 2. The molecule has 0 bridgehead atoms. The van der Waals surface area contributed by atoms with Gasteiger partial charge in [0.2, 0.25) is 0 Å². The largest absolute Gasteiger partial charge is 0.299 e. The third-order valence-corrected chi connectivity index (χ3v) is 12.4. The number of allylic oxidation sites excluding steroid dienone is 2. The van der Waals surface area contributed by atoms with Crippen LogP contribution < -0.4 is 0 Å². The lowest BCUT2D eigenvalue weighted by Gasteiger charge is -2.69. The van der Waals surface area contributed by atoms with Crippen molar-refractivity contribution in [1.82, 2.24) is 0 Å². The van der Waals surface area contributed by atoms with Crippen LogP contribution in [0.1, 0.15) is 113 Å². The SMILES string of the molecule is CC1(C)CC[C@]2(C)C(=O)C=C3[C@]4(C)CC[C@H]5C(C)(C)C(=O)CC[C@]5(C)[C@H]4CC[C@@]3(C)[C@@H]2C1. The van der Waals surface area contributed by atoms with Crippen LogP contribution in [-0.2, 0) is 9.59 Å². The zero-order valence-electron chi connectivity index (χ0n) is 22.0. The monoisotopic (exact) mass is 438 g/mol. The molecule has 5 aliphatic carbocycles. The highest BCUT2D eigenvalue weighted by Gasteiger charge is 2.68. The second kappa shape index (κ2) is 6.39. The Morgan fingerprint density at radius 3 is 1.94 bits per heavy atom. The Hall–Kier alpha value is -0.920. The lowest BCUT2D eigenvalue weighted by molar-refractivity contribution is -0.170. The molecule has 0 N–H and O–H groups in total. The molecule has 0 aromatic heterocycles. The highest BCUT2D eigenvalue weighted by Crippen LogP contribution is 2.74. The van der Waals surface area contributed by atoms with Crippen molar-refractivity contribution in [2.24, 2.45) is 50.2 Å². The number of hydrogen-bond donors (Lipinski definition) is 0. The first kappa shape index (κ1) is 22.9. The normalized spacial score (nSPS) is 51.6. The minimum atomic E-state index is -0.211. The third kappa shape index (κ3) is 2.65. The van der Waals surface area contributed by atoms with Crippen molar-refractivity contribution in [3.05, 3.63) is 11.6 Å². The molecule has 4 fully saturated rings. The van der Waals surface area contributed by atoms with Gasteiger partial charge in [-0.1, -0.05) is 61.0 Å². The summed E-state index contributed by atoms with van der Waals surface area (Å²) in [4.78, 5) is 26.6. The van der Waals surface area contributed by atoms with E-state index in [1.807, 2.05) is 0 Å². The van der Waals surface area contributed by atoms with Crippen LogP contribution in [0.2, 0.25) is 0 Å². The van der Waals surface area contributed by atoms with E-state index >= 15 is 0 Å². The highest BCUT2D eigenvalue weighted by molar-refractivity contribution is 5.97. The van der Waals surface area contributed by atoms with Crippen LogP contribution in [0.3, 0.4) is 0 Å². The van der Waals surface area contributed by atoms with Crippen molar-refractivity contribution in [3.63, 3.8) is 0 Å². The Bertz CT molecular complexity index is 908. The minimum absolute atomic E-state index is 0.0906. The first-order chi connectivity index (χ1) is 14.6. The van der Waals surface area contributed by atoms with E-state index in [-0.39, 0.29) is 27.1 Å². The first-order valence-electron chi connectivity index (χ1n) is 13.4. The van der Waals surface area contributed by atoms with Gasteiger partial charge in [0.25, 0.3) is 0 Å². The molecule has 178 valence electrons. The van der Waals surface area contributed by atoms with Gasteiger partial charge in [-0.2, -0.15) is 0 Å². The number of Topliss-reactive ketones (excluding diaryl/α,β-unsaturated/α-hetero) is 1. The summed E-state index contributed by atoms with van der Waals surface area (Å²) >= 11 is 0. The fourth-order valence-corrected chi connectivity index (χ4v) is 10.4. The van der Waals surface area contributed by atoms with Crippen molar-refractivity contribution in [3.8, 4) is 0 Å². The van der Waals surface area contributed by atoms with Crippen LogP contribution in [0.15, 0.2) is 11.6 Å². The molecule has 0 heterocycles. The molecule has 0 aromatic carbocycles. The fraction of sp³-hybridized carbons (Fsp3) is 0.867. The van der Waals surface area contributed by atoms with E-state index in [0.29, 0.717) is 34.7 Å². The zero-order chi connectivity index (χ0) is 23.5. The summed E-state index contributed by atoms with van der Waals surface area (Å²) in [5.74, 6) is 2.39. The van der Waals surface area contributed by atoms with Crippen molar-refractivity contribution in [2.75, 3.05) is 0 Å². The molecule has 0 saturated heterocycles. The number of carbonyl (C=O) groups is 2. The summed E-state index contributed by atoms with van der Waals surface area (Å²) < 4.78 is 0. The molecule has 32 heavy (non-hydrogen) atoms. The molecule has 0 spiro atoms. The molecule has 0 unspecified atom stereocenters. The average molecular weight is 439 g/mol. The van der Waals surface area contributed by atoms with Gasteiger partial charge < -0.3 is 0 Å². The topological polar surface area (TPSA) is 34.1 Å². The Kier molecular flexibility index (Phi) is 4.57. The maximum absolute atomic E-state index is 13.8. The fourth-order valence-electron chi connectivity index (χ4n) is 10.4. The van der Waals surface area contributed by atoms with Gasteiger partial charge in [0.1, 0.15) is 5.78 Å². The van der Waals surface area contributed by atoms with Crippen molar-refractivity contribution >= 4 is 11.6 Å². The van der Waals surface area contributed by atoms with Crippen molar-refractivity contribution in [1.29, 1.82) is 0 Å².